The Balaban J connectivity index is 1.91. The first-order chi connectivity index (χ1) is 10.9. The predicted octanol–water partition coefficient (Wildman–Crippen LogP) is 5.09. The third-order valence-corrected chi connectivity index (χ3v) is 3.79. The van der Waals surface area contributed by atoms with E-state index in [2.05, 4.69) is 30.3 Å². The minimum atomic E-state index is 0.745. The van der Waals surface area contributed by atoms with E-state index < -0.39 is 0 Å². The van der Waals surface area contributed by atoms with E-state index in [9.17, 15) is 0 Å². The average molecular weight is 285 g/mol. The van der Waals surface area contributed by atoms with Gasteiger partial charge in [0.05, 0.1) is 17.5 Å². The summed E-state index contributed by atoms with van der Waals surface area (Å²) >= 11 is 0. The average Bonchev–Trinajstić information content (AvgIpc) is 3.08. The zero-order valence-corrected chi connectivity index (χ0v) is 12.1. The molecule has 4 rings (SSSR count). The number of nitrogens with zero attached hydrogens (tertiary/aromatic N) is 1. The number of para-hydroxylation sites is 1. The molecule has 0 aliphatic heterocycles. The lowest BCUT2D eigenvalue weighted by atomic mass is 10.00. The van der Waals surface area contributed by atoms with Gasteiger partial charge in [0, 0.05) is 17.4 Å². The van der Waals surface area contributed by atoms with Gasteiger partial charge in [0.15, 0.2) is 0 Å². The molecule has 22 heavy (non-hydrogen) atoms. The molecule has 2 aromatic carbocycles. The second-order valence-corrected chi connectivity index (χ2v) is 5.31. The Hall–Kier alpha value is -2.87. The van der Waals surface area contributed by atoms with Gasteiger partial charge in [0.2, 0.25) is 0 Å². The lowest BCUT2D eigenvalue weighted by Crippen LogP contribution is -1.95. The first-order valence-corrected chi connectivity index (χ1v) is 7.36. The van der Waals surface area contributed by atoms with E-state index in [1.54, 1.807) is 6.26 Å². The number of furan rings is 1. The second kappa shape index (κ2) is 5.49. The maximum Gasteiger partial charge on any atom is 0.108 e. The van der Waals surface area contributed by atoms with Gasteiger partial charge in [-0.15, -0.1) is 0 Å². The van der Waals surface area contributed by atoms with Crippen LogP contribution in [-0.4, -0.2) is 4.98 Å². The molecular formula is C20H15NO. The molecule has 2 aromatic heterocycles. The number of rotatable bonds is 3. The molecule has 0 spiro atoms. The van der Waals surface area contributed by atoms with E-state index in [0.29, 0.717) is 0 Å². The highest BCUT2D eigenvalue weighted by Gasteiger charge is 2.11. The van der Waals surface area contributed by atoms with Crippen molar-refractivity contribution >= 4 is 10.9 Å². The molecule has 0 radical (unpaired) electrons. The maximum atomic E-state index is 5.51. The number of benzene rings is 2. The Morgan fingerprint density at radius 3 is 2.45 bits per heavy atom. The van der Waals surface area contributed by atoms with Gasteiger partial charge in [-0.1, -0.05) is 48.5 Å². The van der Waals surface area contributed by atoms with Crippen LogP contribution in [-0.2, 0) is 6.42 Å². The first kappa shape index (κ1) is 12.8. The Morgan fingerprint density at radius 2 is 1.64 bits per heavy atom. The first-order valence-electron chi connectivity index (χ1n) is 7.36. The normalized spacial score (nSPS) is 10.9. The van der Waals surface area contributed by atoms with E-state index in [1.807, 2.05) is 42.5 Å². The molecule has 0 saturated heterocycles. The van der Waals surface area contributed by atoms with Gasteiger partial charge in [-0.05, 0) is 29.8 Å². The summed E-state index contributed by atoms with van der Waals surface area (Å²) in [7, 11) is 0. The number of fused-ring (bicyclic) bond motifs is 1. The number of hydrogen-bond acceptors (Lipinski definition) is 2. The molecule has 0 amide bonds. The van der Waals surface area contributed by atoms with Crippen molar-refractivity contribution in [1.82, 2.24) is 4.98 Å². The van der Waals surface area contributed by atoms with Gasteiger partial charge < -0.3 is 4.42 Å². The van der Waals surface area contributed by atoms with Gasteiger partial charge in [0.1, 0.15) is 5.76 Å². The largest absolute Gasteiger partial charge is 0.469 e. The van der Waals surface area contributed by atoms with E-state index >= 15 is 0 Å². The zero-order chi connectivity index (χ0) is 14.8. The Bertz CT molecular complexity index is 896. The highest BCUT2D eigenvalue weighted by Crippen LogP contribution is 2.27. The summed E-state index contributed by atoms with van der Waals surface area (Å²) < 4.78 is 5.51. The quantitative estimate of drug-likeness (QED) is 0.524. The molecule has 0 saturated carbocycles. The molecule has 0 bridgehead atoms. The van der Waals surface area contributed by atoms with Crippen molar-refractivity contribution in [2.24, 2.45) is 0 Å². The topological polar surface area (TPSA) is 26.0 Å². The van der Waals surface area contributed by atoms with Crippen LogP contribution in [0, 0.1) is 0 Å². The fourth-order valence-electron chi connectivity index (χ4n) is 2.74. The zero-order valence-electron chi connectivity index (χ0n) is 12.1. The van der Waals surface area contributed by atoms with Crippen LogP contribution in [0.15, 0.2) is 83.5 Å². The van der Waals surface area contributed by atoms with Crippen molar-refractivity contribution < 1.29 is 4.42 Å². The van der Waals surface area contributed by atoms with Crippen LogP contribution in [0.2, 0.25) is 0 Å². The van der Waals surface area contributed by atoms with Crippen LogP contribution < -0.4 is 0 Å². The molecule has 4 aromatic rings. The third-order valence-electron chi connectivity index (χ3n) is 3.79. The smallest absolute Gasteiger partial charge is 0.108 e. The van der Waals surface area contributed by atoms with Crippen molar-refractivity contribution in [2.45, 2.75) is 6.42 Å². The van der Waals surface area contributed by atoms with Crippen LogP contribution in [0.3, 0.4) is 0 Å². The summed E-state index contributed by atoms with van der Waals surface area (Å²) in [5.74, 6) is 0.953. The van der Waals surface area contributed by atoms with E-state index in [0.717, 1.165) is 34.3 Å². The summed E-state index contributed by atoms with van der Waals surface area (Å²) in [5, 5.41) is 1.16. The molecule has 2 nitrogen and oxygen atoms in total. The van der Waals surface area contributed by atoms with Crippen LogP contribution in [0.5, 0.6) is 0 Å². The highest BCUT2D eigenvalue weighted by molar-refractivity contribution is 5.83. The minimum Gasteiger partial charge on any atom is -0.469 e. The molecule has 0 unspecified atom stereocenters. The molecule has 0 aliphatic carbocycles. The van der Waals surface area contributed by atoms with Crippen LogP contribution in [0.4, 0.5) is 0 Å². The summed E-state index contributed by atoms with van der Waals surface area (Å²) in [6.07, 6.45) is 2.46. The second-order valence-electron chi connectivity index (χ2n) is 5.31. The summed E-state index contributed by atoms with van der Waals surface area (Å²) in [4.78, 5) is 4.88. The third kappa shape index (κ3) is 2.40. The van der Waals surface area contributed by atoms with Gasteiger partial charge in [0.25, 0.3) is 0 Å². The number of hydrogen-bond donors (Lipinski definition) is 0. The van der Waals surface area contributed by atoms with E-state index in [-0.39, 0.29) is 0 Å². The molecular weight excluding hydrogens is 270 g/mol. The van der Waals surface area contributed by atoms with Crippen molar-refractivity contribution in [3.05, 3.63) is 90.4 Å². The van der Waals surface area contributed by atoms with Gasteiger partial charge in [-0.3, -0.25) is 0 Å². The van der Waals surface area contributed by atoms with E-state index in [1.165, 1.54) is 5.56 Å². The lowest BCUT2D eigenvalue weighted by molar-refractivity contribution is 0.521. The van der Waals surface area contributed by atoms with Crippen LogP contribution in [0.1, 0.15) is 11.3 Å². The fraction of sp³-hybridized carbons (Fsp3) is 0.0500. The van der Waals surface area contributed by atoms with Crippen molar-refractivity contribution in [1.29, 1.82) is 0 Å². The van der Waals surface area contributed by atoms with Gasteiger partial charge >= 0.3 is 0 Å². The molecule has 0 N–H and O–H groups in total. The SMILES string of the molecule is c1ccc(-c2nc3ccccc3cc2Cc2ccco2)cc1. The molecule has 2 heteroatoms. The summed E-state index contributed by atoms with van der Waals surface area (Å²) in [6.45, 7) is 0. The molecule has 0 atom stereocenters. The van der Waals surface area contributed by atoms with Crippen LogP contribution in [0.25, 0.3) is 22.2 Å². The highest BCUT2D eigenvalue weighted by atomic mass is 16.3. The molecule has 0 fully saturated rings. The Labute approximate surface area is 129 Å². The number of aromatic nitrogens is 1. The monoisotopic (exact) mass is 285 g/mol. The fourth-order valence-corrected chi connectivity index (χ4v) is 2.74. The molecule has 106 valence electrons. The minimum absolute atomic E-state index is 0.745. The number of pyridine rings is 1. The van der Waals surface area contributed by atoms with Gasteiger partial charge in [-0.25, -0.2) is 4.98 Å². The molecule has 2 heterocycles. The maximum absolute atomic E-state index is 5.51. The Kier molecular flexibility index (Phi) is 3.20. The molecule has 0 aliphatic rings. The standard InChI is InChI=1S/C20H15NO/c1-2-7-15(8-3-1)20-17(14-18-10-6-12-22-18)13-16-9-4-5-11-19(16)21-20/h1-13H,14H2. The summed E-state index contributed by atoms with van der Waals surface area (Å²) in [5.41, 5.74) is 4.36. The Morgan fingerprint density at radius 1 is 0.818 bits per heavy atom. The van der Waals surface area contributed by atoms with Crippen molar-refractivity contribution in [2.75, 3.05) is 0 Å². The van der Waals surface area contributed by atoms with Gasteiger partial charge in [-0.2, -0.15) is 0 Å². The lowest BCUT2D eigenvalue weighted by Gasteiger charge is -2.10. The predicted molar refractivity (Wildman–Crippen MR) is 88.7 cm³/mol. The van der Waals surface area contributed by atoms with Crippen molar-refractivity contribution in [3.8, 4) is 11.3 Å². The van der Waals surface area contributed by atoms with Crippen molar-refractivity contribution in [3.63, 3.8) is 0 Å². The van der Waals surface area contributed by atoms with E-state index in [4.69, 9.17) is 9.40 Å². The van der Waals surface area contributed by atoms with Crippen LogP contribution >= 0.6 is 0 Å². The summed E-state index contributed by atoms with van der Waals surface area (Å²) in [6, 6.07) is 24.7.